The Kier molecular flexibility index (Phi) is 5.19. The molecule has 0 saturated heterocycles. The van der Waals surface area contributed by atoms with Crippen LogP contribution in [0.1, 0.15) is 26.3 Å². The fraction of sp³-hybridized carbons (Fsp3) is 0.500. The first kappa shape index (κ1) is 16.1. The van der Waals surface area contributed by atoms with E-state index in [0.717, 1.165) is 6.20 Å². The van der Waals surface area contributed by atoms with Crippen molar-refractivity contribution in [1.29, 1.82) is 0 Å². The maximum Gasteiger partial charge on any atom is 0.324 e. The highest BCUT2D eigenvalue weighted by atomic mass is 19.1. The summed E-state index contributed by atoms with van der Waals surface area (Å²) in [5.41, 5.74) is -1.40. The van der Waals surface area contributed by atoms with Crippen molar-refractivity contribution in [2.24, 2.45) is 11.3 Å². The maximum absolute atomic E-state index is 13.2. The molecular formula is C14H18FNO4. The Morgan fingerprint density at radius 3 is 2.55 bits per heavy atom. The van der Waals surface area contributed by atoms with Crippen LogP contribution in [-0.4, -0.2) is 28.6 Å². The number of ether oxygens (including phenoxy) is 1. The normalized spacial score (nSPS) is 13.8. The fourth-order valence-electron chi connectivity index (χ4n) is 2.06. The number of aliphatic carboxylic acids is 1. The number of rotatable bonds is 6. The number of carboxylic acids is 1. The van der Waals surface area contributed by atoms with Gasteiger partial charge in [0.25, 0.3) is 0 Å². The Morgan fingerprint density at radius 2 is 2.10 bits per heavy atom. The number of carboxylic acid groups (broad SMARTS) is 1. The van der Waals surface area contributed by atoms with Gasteiger partial charge in [-0.2, -0.15) is 0 Å². The lowest BCUT2D eigenvalue weighted by atomic mass is 9.73. The molecule has 0 aliphatic rings. The highest BCUT2D eigenvalue weighted by Gasteiger charge is 2.50. The summed E-state index contributed by atoms with van der Waals surface area (Å²) in [6, 6.07) is 1.17. The third-order valence-corrected chi connectivity index (χ3v) is 3.25. The van der Waals surface area contributed by atoms with Crippen LogP contribution in [0.5, 0.6) is 0 Å². The Bertz CT molecular complexity index is 504. The maximum atomic E-state index is 13.2. The van der Waals surface area contributed by atoms with Crippen LogP contribution in [0.4, 0.5) is 4.39 Å². The fourth-order valence-corrected chi connectivity index (χ4v) is 2.06. The molecule has 1 aromatic rings. The lowest BCUT2D eigenvalue weighted by Gasteiger charge is -2.30. The first-order chi connectivity index (χ1) is 9.34. The number of hydrogen-bond acceptors (Lipinski definition) is 4. The SMILES string of the molecule is CCOC(=O)C(Cc1cncc(F)c1)(C(=O)O)C(C)C. The molecule has 0 fully saturated rings. The number of nitrogens with zero attached hydrogens (tertiary/aromatic N) is 1. The minimum Gasteiger partial charge on any atom is -0.480 e. The zero-order valence-electron chi connectivity index (χ0n) is 11.7. The highest BCUT2D eigenvalue weighted by Crippen LogP contribution is 2.34. The molecule has 20 heavy (non-hydrogen) atoms. The van der Waals surface area contributed by atoms with Gasteiger partial charge in [-0.25, -0.2) is 4.39 Å². The van der Waals surface area contributed by atoms with Crippen molar-refractivity contribution < 1.29 is 23.8 Å². The molecule has 1 rings (SSSR count). The lowest BCUT2D eigenvalue weighted by molar-refractivity contribution is -0.172. The summed E-state index contributed by atoms with van der Waals surface area (Å²) in [7, 11) is 0. The van der Waals surface area contributed by atoms with E-state index in [1.54, 1.807) is 20.8 Å². The third kappa shape index (κ3) is 3.12. The summed E-state index contributed by atoms with van der Waals surface area (Å²) >= 11 is 0. The van der Waals surface area contributed by atoms with Crippen molar-refractivity contribution in [3.05, 3.63) is 29.8 Å². The quantitative estimate of drug-likeness (QED) is 0.638. The van der Waals surface area contributed by atoms with Crippen LogP contribution < -0.4 is 0 Å². The van der Waals surface area contributed by atoms with Crippen molar-refractivity contribution in [3.8, 4) is 0 Å². The van der Waals surface area contributed by atoms with Crippen LogP contribution in [0.3, 0.4) is 0 Å². The van der Waals surface area contributed by atoms with E-state index >= 15 is 0 Å². The number of aromatic nitrogens is 1. The zero-order valence-corrected chi connectivity index (χ0v) is 11.7. The zero-order chi connectivity index (χ0) is 15.3. The molecule has 1 heterocycles. The molecule has 0 aliphatic heterocycles. The Morgan fingerprint density at radius 1 is 1.45 bits per heavy atom. The summed E-state index contributed by atoms with van der Waals surface area (Å²) in [6.07, 6.45) is 2.21. The van der Waals surface area contributed by atoms with Crippen molar-refractivity contribution in [1.82, 2.24) is 4.98 Å². The van der Waals surface area contributed by atoms with Crippen molar-refractivity contribution in [2.45, 2.75) is 27.2 Å². The van der Waals surface area contributed by atoms with E-state index in [2.05, 4.69) is 4.98 Å². The van der Waals surface area contributed by atoms with Crippen LogP contribution in [0.15, 0.2) is 18.5 Å². The first-order valence-electron chi connectivity index (χ1n) is 6.34. The predicted molar refractivity (Wildman–Crippen MR) is 69.4 cm³/mol. The lowest BCUT2D eigenvalue weighted by Crippen LogP contribution is -2.47. The molecule has 0 aliphatic carbocycles. The second-order valence-corrected chi connectivity index (χ2v) is 4.84. The minimum absolute atomic E-state index is 0.0853. The third-order valence-electron chi connectivity index (χ3n) is 3.25. The van der Waals surface area contributed by atoms with Gasteiger partial charge >= 0.3 is 11.9 Å². The average molecular weight is 283 g/mol. The standard InChI is InChI=1S/C14H18FNO4/c1-4-20-13(19)14(9(2)3,12(17)18)6-10-5-11(15)8-16-7-10/h5,7-9H,4,6H2,1-3H3,(H,17,18). The van der Waals surface area contributed by atoms with Crippen LogP contribution in [0.2, 0.25) is 0 Å². The van der Waals surface area contributed by atoms with Crippen LogP contribution in [-0.2, 0) is 20.7 Å². The summed E-state index contributed by atoms with van der Waals surface area (Å²) in [6.45, 7) is 4.94. The summed E-state index contributed by atoms with van der Waals surface area (Å²) in [5.74, 6) is -3.18. The Balaban J connectivity index is 3.23. The molecular weight excluding hydrogens is 265 g/mol. The number of halogens is 1. The molecule has 5 nitrogen and oxygen atoms in total. The molecule has 1 N–H and O–H groups in total. The van der Waals surface area contributed by atoms with Crippen molar-refractivity contribution in [3.63, 3.8) is 0 Å². The van der Waals surface area contributed by atoms with E-state index in [1.165, 1.54) is 12.3 Å². The van der Waals surface area contributed by atoms with E-state index in [4.69, 9.17) is 4.74 Å². The van der Waals surface area contributed by atoms with E-state index < -0.39 is 29.1 Å². The van der Waals surface area contributed by atoms with Gasteiger partial charge in [-0.05, 0) is 24.5 Å². The molecule has 0 radical (unpaired) electrons. The number of carbonyl (C=O) groups excluding carboxylic acids is 1. The molecule has 110 valence electrons. The van der Waals surface area contributed by atoms with Gasteiger partial charge in [0, 0.05) is 12.6 Å². The topological polar surface area (TPSA) is 76.5 Å². The van der Waals surface area contributed by atoms with Gasteiger partial charge in [-0.15, -0.1) is 0 Å². The molecule has 0 saturated carbocycles. The summed E-state index contributed by atoms with van der Waals surface area (Å²) in [5, 5.41) is 9.51. The van der Waals surface area contributed by atoms with Crippen molar-refractivity contribution in [2.75, 3.05) is 6.61 Å². The van der Waals surface area contributed by atoms with E-state index in [1.807, 2.05) is 0 Å². The van der Waals surface area contributed by atoms with E-state index in [0.29, 0.717) is 5.56 Å². The van der Waals surface area contributed by atoms with Crippen LogP contribution in [0.25, 0.3) is 0 Å². The van der Waals surface area contributed by atoms with Gasteiger partial charge in [-0.1, -0.05) is 13.8 Å². The van der Waals surface area contributed by atoms with Gasteiger partial charge in [0.15, 0.2) is 5.41 Å². The first-order valence-corrected chi connectivity index (χ1v) is 6.34. The van der Waals surface area contributed by atoms with Crippen molar-refractivity contribution >= 4 is 11.9 Å². The molecule has 0 amide bonds. The number of carbonyl (C=O) groups is 2. The highest BCUT2D eigenvalue weighted by molar-refractivity contribution is 5.99. The Labute approximate surface area is 116 Å². The molecule has 0 bridgehead atoms. The summed E-state index contributed by atoms with van der Waals surface area (Å²) in [4.78, 5) is 27.4. The van der Waals surface area contributed by atoms with Gasteiger partial charge in [-0.3, -0.25) is 14.6 Å². The van der Waals surface area contributed by atoms with E-state index in [-0.39, 0.29) is 13.0 Å². The average Bonchev–Trinajstić information content (AvgIpc) is 2.35. The van der Waals surface area contributed by atoms with Crippen LogP contribution in [0, 0.1) is 17.2 Å². The van der Waals surface area contributed by atoms with E-state index in [9.17, 15) is 19.1 Å². The van der Waals surface area contributed by atoms with Gasteiger partial charge in [0.05, 0.1) is 12.8 Å². The smallest absolute Gasteiger partial charge is 0.324 e. The minimum atomic E-state index is -1.74. The van der Waals surface area contributed by atoms with Gasteiger partial charge in [0.2, 0.25) is 0 Å². The second kappa shape index (κ2) is 6.45. The number of esters is 1. The molecule has 1 aromatic heterocycles. The van der Waals surface area contributed by atoms with Gasteiger partial charge < -0.3 is 9.84 Å². The molecule has 0 spiro atoms. The number of hydrogen-bond donors (Lipinski definition) is 1. The molecule has 1 unspecified atom stereocenters. The van der Waals surface area contributed by atoms with Gasteiger partial charge in [0.1, 0.15) is 5.82 Å². The molecule has 0 aromatic carbocycles. The van der Waals surface area contributed by atoms with Crippen LogP contribution >= 0.6 is 0 Å². The monoisotopic (exact) mass is 283 g/mol. The Hall–Kier alpha value is -1.98. The second-order valence-electron chi connectivity index (χ2n) is 4.84. The summed E-state index contributed by atoms with van der Waals surface area (Å²) < 4.78 is 18.1. The number of pyridine rings is 1. The molecule has 1 atom stereocenters. The predicted octanol–water partition coefficient (Wildman–Crippen LogP) is 2.05. The largest absolute Gasteiger partial charge is 0.480 e. The molecule has 6 heteroatoms.